The molecule has 0 unspecified atom stereocenters. The fraction of sp³-hybridized carbons (Fsp3) is 0.250. The number of halogens is 1. The summed E-state index contributed by atoms with van der Waals surface area (Å²) in [6, 6.07) is 11.3. The molecule has 19 heavy (non-hydrogen) atoms. The Morgan fingerprint density at radius 1 is 1.16 bits per heavy atom. The van der Waals surface area contributed by atoms with Crippen LogP contribution in [0.5, 0.6) is 0 Å². The first-order chi connectivity index (χ1) is 9.24. The van der Waals surface area contributed by atoms with Gasteiger partial charge < -0.3 is 0 Å². The van der Waals surface area contributed by atoms with Crippen LogP contribution in [-0.2, 0) is 0 Å². The van der Waals surface area contributed by atoms with Gasteiger partial charge in [0.15, 0.2) is 5.78 Å². The Balaban J connectivity index is 1.88. The van der Waals surface area contributed by atoms with Crippen molar-refractivity contribution in [1.82, 2.24) is 4.98 Å². The van der Waals surface area contributed by atoms with Crippen molar-refractivity contribution < 1.29 is 4.79 Å². The molecular formula is C16H14ClNO. The Hall–Kier alpha value is -1.67. The number of rotatable bonds is 3. The molecule has 0 atom stereocenters. The maximum Gasteiger partial charge on any atom is 0.194 e. The number of aromatic nitrogens is 1. The van der Waals surface area contributed by atoms with Gasteiger partial charge >= 0.3 is 0 Å². The zero-order valence-electron chi connectivity index (χ0n) is 10.5. The summed E-state index contributed by atoms with van der Waals surface area (Å²) in [6.45, 7) is 0. The molecule has 3 rings (SSSR count). The molecule has 1 aromatic heterocycles. The number of pyridine rings is 1. The van der Waals surface area contributed by atoms with Crippen LogP contribution in [-0.4, -0.2) is 10.8 Å². The number of carbonyl (C=O) groups excluding carboxylic acids is 1. The van der Waals surface area contributed by atoms with Gasteiger partial charge in [0.1, 0.15) is 5.15 Å². The number of hydrogen-bond donors (Lipinski definition) is 0. The van der Waals surface area contributed by atoms with Crippen LogP contribution in [0, 0.1) is 0 Å². The van der Waals surface area contributed by atoms with Gasteiger partial charge in [-0.1, -0.05) is 36.2 Å². The predicted molar refractivity (Wildman–Crippen MR) is 75.7 cm³/mol. The Labute approximate surface area is 117 Å². The van der Waals surface area contributed by atoms with Crippen LogP contribution >= 0.6 is 11.6 Å². The monoisotopic (exact) mass is 271 g/mol. The fourth-order valence-corrected chi connectivity index (χ4v) is 2.46. The lowest BCUT2D eigenvalue weighted by Crippen LogP contribution is -2.10. The number of benzene rings is 1. The van der Waals surface area contributed by atoms with E-state index in [1.54, 1.807) is 12.1 Å². The summed E-state index contributed by atoms with van der Waals surface area (Å²) >= 11 is 5.73. The lowest BCUT2D eigenvalue weighted by molar-refractivity contribution is 0.103. The molecule has 1 aromatic carbocycles. The molecule has 0 radical (unpaired) electrons. The highest BCUT2D eigenvalue weighted by Gasteiger charge is 2.20. The molecule has 3 heteroatoms. The molecule has 1 aliphatic carbocycles. The molecule has 2 nitrogen and oxygen atoms in total. The molecule has 0 amide bonds. The van der Waals surface area contributed by atoms with Crippen LogP contribution in [0.15, 0.2) is 42.6 Å². The summed E-state index contributed by atoms with van der Waals surface area (Å²) in [5.41, 5.74) is 2.59. The summed E-state index contributed by atoms with van der Waals surface area (Å²) in [6.07, 6.45) is 5.30. The van der Waals surface area contributed by atoms with E-state index in [1.807, 2.05) is 18.2 Å². The SMILES string of the molecule is O=C(c1ccc(Cl)nc1)c1cccc(C2CCC2)c1. The minimum atomic E-state index is 0.00494. The van der Waals surface area contributed by atoms with Crippen LogP contribution in [0.2, 0.25) is 5.15 Å². The van der Waals surface area contributed by atoms with Gasteiger partial charge in [-0.3, -0.25) is 4.79 Å². The molecule has 0 aliphatic heterocycles. The number of carbonyl (C=O) groups is 1. The van der Waals surface area contributed by atoms with Gasteiger partial charge in [-0.2, -0.15) is 0 Å². The zero-order valence-corrected chi connectivity index (χ0v) is 11.2. The topological polar surface area (TPSA) is 30.0 Å². The van der Waals surface area contributed by atoms with Crippen molar-refractivity contribution in [3.8, 4) is 0 Å². The number of ketones is 1. The standard InChI is InChI=1S/C16H14ClNO/c17-15-8-7-14(10-18-15)16(19)13-6-2-5-12(9-13)11-3-1-4-11/h2,5-11H,1,3-4H2. The van der Waals surface area contributed by atoms with Crippen LogP contribution in [0.4, 0.5) is 0 Å². The van der Waals surface area contributed by atoms with Crippen molar-refractivity contribution in [3.63, 3.8) is 0 Å². The molecule has 96 valence electrons. The first-order valence-corrected chi connectivity index (χ1v) is 6.88. The highest BCUT2D eigenvalue weighted by atomic mass is 35.5. The van der Waals surface area contributed by atoms with Crippen LogP contribution < -0.4 is 0 Å². The summed E-state index contributed by atoms with van der Waals surface area (Å²) in [4.78, 5) is 16.3. The van der Waals surface area contributed by atoms with Crippen LogP contribution in [0.25, 0.3) is 0 Å². The lowest BCUT2D eigenvalue weighted by Gasteiger charge is -2.26. The van der Waals surface area contributed by atoms with E-state index >= 15 is 0 Å². The molecule has 1 heterocycles. The van der Waals surface area contributed by atoms with E-state index in [2.05, 4.69) is 11.1 Å². The fourth-order valence-electron chi connectivity index (χ4n) is 2.35. The molecule has 0 spiro atoms. The van der Waals surface area contributed by atoms with Crippen molar-refractivity contribution in [2.75, 3.05) is 0 Å². The first kappa shape index (κ1) is 12.4. The average molecular weight is 272 g/mol. The van der Waals surface area contributed by atoms with Gasteiger partial charge in [0.2, 0.25) is 0 Å². The predicted octanol–water partition coefficient (Wildman–Crippen LogP) is 4.23. The van der Waals surface area contributed by atoms with Gasteiger partial charge in [0, 0.05) is 17.3 Å². The maximum atomic E-state index is 12.4. The second kappa shape index (κ2) is 5.14. The highest BCUT2D eigenvalue weighted by molar-refractivity contribution is 6.29. The molecular weight excluding hydrogens is 258 g/mol. The zero-order chi connectivity index (χ0) is 13.2. The number of nitrogens with zero attached hydrogens (tertiary/aromatic N) is 1. The molecule has 0 N–H and O–H groups in total. The Morgan fingerprint density at radius 3 is 2.63 bits per heavy atom. The third kappa shape index (κ3) is 2.54. The van der Waals surface area contributed by atoms with Crippen molar-refractivity contribution in [3.05, 3.63) is 64.4 Å². The summed E-state index contributed by atoms with van der Waals surface area (Å²) in [5.74, 6) is 0.640. The number of hydrogen-bond acceptors (Lipinski definition) is 2. The van der Waals surface area contributed by atoms with Gasteiger partial charge in [0.25, 0.3) is 0 Å². The average Bonchev–Trinajstić information content (AvgIpc) is 2.37. The quantitative estimate of drug-likeness (QED) is 0.617. The summed E-state index contributed by atoms with van der Waals surface area (Å²) in [7, 11) is 0. The van der Waals surface area contributed by atoms with Crippen molar-refractivity contribution in [1.29, 1.82) is 0 Å². The Bertz CT molecular complexity index is 602. The third-order valence-corrected chi connectivity index (χ3v) is 3.94. The van der Waals surface area contributed by atoms with Crippen molar-refractivity contribution >= 4 is 17.4 Å². The smallest absolute Gasteiger partial charge is 0.194 e. The van der Waals surface area contributed by atoms with Crippen LogP contribution in [0.3, 0.4) is 0 Å². The Morgan fingerprint density at radius 2 is 2.00 bits per heavy atom. The molecule has 1 fully saturated rings. The van der Waals surface area contributed by atoms with E-state index in [4.69, 9.17) is 11.6 Å². The summed E-state index contributed by atoms with van der Waals surface area (Å²) in [5, 5.41) is 0.403. The van der Waals surface area contributed by atoms with Crippen molar-refractivity contribution in [2.24, 2.45) is 0 Å². The first-order valence-electron chi connectivity index (χ1n) is 6.50. The minimum Gasteiger partial charge on any atom is -0.289 e. The minimum absolute atomic E-state index is 0.00494. The largest absolute Gasteiger partial charge is 0.289 e. The van der Waals surface area contributed by atoms with Gasteiger partial charge in [-0.15, -0.1) is 0 Å². The van der Waals surface area contributed by atoms with E-state index in [1.165, 1.54) is 31.0 Å². The molecule has 1 aliphatic rings. The van der Waals surface area contributed by atoms with E-state index in [-0.39, 0.29) is 5.78 Å². The van der Waals surface area contributed by atoms with Crippen LogP contribution in [0.1, 0.15) is 46.7 Å². The highest BCUT2D eigenvalue weighted by Crippen LogP contribution is 2.36. The normalized spacial score (nSPS) is 15.0. The molecule has 0 saturated heterocycles. The van der Waals surface area contributed by atoms with Gasteiger partial charge in [-0.25, -0.2) is 4.98 Å². The van der Waals surface area contributed by atoms with Gasteiger partial charge in [0.05, 0.1) is 0 Å². The van der Waals surface area contributed by atoms with E-state index in [0.29, 0.717) is 16.6 Å². The third-order valence-electron chi connectivity index (χ3n) is 3.71. The molecule has 1 saturated carbocycles. The van der Waals surface area contributed by atoms with Crippen molar-refractivity contribution in [2.45, 2.75) is 25.2 Å². The lowest BCUT2D eigenvalue weighted by atomic mass is 9.79. The second-order valence-corrected chi connectivity index (χ2v) is 5.34. The molecule has 0 bridgehead atoms. The second-order valence-electron chi connectivity index (χ2n) is 4.95. The van der Waals surface area contributed by atoms with E-state index in [9.17, 15) is 4.79 Å². The van der Waals surface area contributed by atoms with E-state index < -0.39 is 0 Å². The summed E-state index contributed by atoms with van der Waals surface area (Å²) < 4.78 is 0. The molecule has 2 aromatic rings. The van der Waals surface area contributed by atoms with E-state index in [0.717, 1.165) is 5.56 Å². The Kier molecular flexibility index (Phi) is 3.34. The van der Waals surface area contributed by atoms with Gasteiger partial charge in [-0.05, 0) is 42.5 Å². The maximum absolute atomic E-state index is 12.4.